The van der Waals surface area contributed by atoms with Gasteiger partial charge in [-0.2, -0.15) is 0 Å². The van der Waals surface area contributed by atoms with Crippen molar-refractivity contribution in [1.29, 1.82) is 5.41 Å². The third kappa shape index (κ3) is 1.35. The van der Waals surface area contributed by atoms with E-state index in [1.165, 1.54) is 6.92 Å². The van der Waals surface area contributed by atoms with Crippen molar-refractivity contribution in [3.05, 3.63) is 21.7 Å². The molecule has 0 aliphatic heterocycles. The van der Waals surface area contributed by atoms with Gasteiger partial charge in [0.05, 0.1) is 11.6 Å². The normalized spacial score (nSPS) is 10.0. The zero-order valence-corrected chi connectivity index (χ0v) is 6.66. The van der Waals surface area contributed by atoms with Gasteiger partial charge < -0.3 is 9.93 Å². The third-order valence-electron chi connectivity index (χ3n) is 1.28. The predicted molar refractivity (Wildman–Crippen MR) is 41.4 cm³/mol. The first-order chi connectivity index (χ1) is 5.16. The molecule has 60 valence electrons. The van der Waals surface area contributed by atoms with E-state index in [2.05, 4.69) is 9.68 Å². The lowest BCUT2D eigenvalue weighted by Gasteiger charge is -1.90. The molecule has 1 aromatic heterocycles. The van der Waals surface area contributed by atoms with Crippen molar-refractivity contribution in [3.63, 3.8) is 0 Å². The number of alkyl halides is 1. The fourth-order valence-corrected chi connectivity index (χ4v) is 0.995. The van der Waals surface area contributed by atoms with E-state index in [1.807, 2.05) is 0 Å². The molecule has 11 heavy (non-hydrogen) atoms. The second-order valence-corrected chi connectivity index (χ2v) is 2.37. The molecule has 0 amide bonds. The Kier molecular flexibility index (Phi) is 2.14. The largest absolute Gasteiger partial charge is 0.366 e. The highest BCUT2D eigenvalue weighted by atomic mass is 35.5. The number of aromatic amines is 1. The number of rotatable bonds is 2. The minimum Gasteiger partial charge on any atom is -0.338 e. The summed E-state index contributed by atoms with van der Waals surface area (Å²) in [6.45, 7) is 1.51. The van der Waals surface area contributed by atoms with Gasteiger partial charge in [-0.05, 0) is 6.92 Å². The minimum atomic E-state index is -0.534. The average molecular weight is 175 g/mol. The van der Waals surface area contributed by atoms with Crippen molar-refractivity contribution in [2.24, 2.45) is 0 Å². The van der Waals surface area contributed by atoms with Crippen molar-refractivity contribution in [2.45, 2.75) is 12.8 Å². The molecule has 2 N–H and O–H groups in total. The van der Waals surface area contributed by atoms with Gasteiger partial charge >= 0.3 is 5.63 Å². The van der Waals surface area contributed by atoms with Crippen LogP contribution in [0.3, 0.4) is 0 Å². The summed E-state index contributed by atoms with van der Waals surface area (Å²) in [7, 11) is 0. The zero-order chi connectivity index (χ0) is 8.43. The van der Waals surface area contributed by atoms with Crippen LogP contribution in [0.1, 0.15) is 18.2 Å². The lowest BCUT2D eigenvalue weighted by atomic mass is 10.2. The number of H-pyrrole nitrogens is 1. The summed E-state index contributed by atoms with van der Waals surface area (Å²) < 4.78 is 4.44. The summed E-state index contributed by atoms with van der Waals surface area (Å²) in [5, 5.41) is 9.54. The fraction of sp³-hybridized carbons (Fsp3) is 0.333. The highest BCUT2D eigenvalue weighted by Crippen LogP contribution is 2.04. The summed E-state index contributed by atoms with van der Waals surface area (Å²) in [5.74, 6) is 0.150. The molecule has 0 saturated carbocycles. The molecular formula is C6H7ClN2O2. The molecule has 1 heterocycles. The molecule has 0 aliphatic carbocycles. The van der Waals surface area contributed by atoms with Crippen LogP contribution >= 0.6 is 11.6 Å². The molecule has 0 aromatic carbocycles. The van der Waals surface area contributed by atoms with Crippen LogP contribution in [0.15, 0.2) is 9.32 Å². The van der Waals surface area contributed by atoms with Gasteiger partial charge in [0.1, 0.15) is 5.56 Å². The summed E-state index contributed by atoms with van der Waals surface area (Å²) in [6, 6.07) is 0. The minimum absolute atomic E-state index is 0.150. The Balaban J connectivity index is 3.29. The molecule has 0 fully saturated rings. The first kappa shape index (κ1) is 8.07. The highest BCUT2D eigenvalue weighted by Gasteiger charge is 2.12. The van der Waals surface area contributed by atoms with Gasteiger partial charge in [0.2, 0.25) is 0 Å². The maximum Gasteiger partial charge on any atom is 0.366 e. The van der Waals surface area contributed by atoms with Crippen molar-refractivity contribution >= 4 is 17.3 Å². The molecule has 5 heteroatoms. The van der Waals surface area contributed by atoms with E-state index in [0.717, 1.165) is 0 Å². The molecule has 0 aliphatic rings. The summed E-state index contributed by atoms with van der Waals surface area (Å²) in [4.78, 5) is 10.8. The van der Waals surface area contributed by atoms with Crippen LogP contribution < -0.4 is 5.63 Å². The van der Waals surface area contributed by atoms with Gasteiger partial charge in [-0.25, -0.2) is 9.95 Å². The predicted octanol–water partition coefficient (Wildman–Crippen LogP) is 1.09. The molecule has 0 atom stereocenters. The number of hydrogen-bond acceptors (Lipinski definition) is 3. The summed E-state index contributed by atoms with van der Waals surface area (Å²) in [6.07, 6.45) is 0. The van der Waals surface area contributed by atoms with Crippen LogP contribution in [0.4, 0.5) is 0 Å². The van der Waals surface area contributed by atoms with Gasteiger partial charge in [0, 0.05) is 5.71 Å². The standard InChI is InChI=1S/C6H7ClN2O2/c1-3(8)5-4(2-7)9-11-6(5)10/h8-9H,2H2,1H3. The molecule has 4 nitrogen and oxygen atoms in total. The van der Waals surface area contributed by atoms with Gasteiger partial charge in [0.25, 0.3) is 0 Å². The van der Waals surface area contributed by atoms with Crippen molar-refractivity contribution < 1.29 is 4.52 Å². The van der Waals surface area contributed by atoms with Crippen LogP contribution in [0, 0.1) is 5.41 Å². The summed E-state index contributed by atoms with van der Waals surface area (Å²) in [5.41, 5.74) is 0.327. The molecule has 1 aromatic rings. The molecule has 1 rings (SSSR count). The monoisotopic (exact) mass is 174 g/mol. The molecule has 0 bridgehead atoms. The first-order valence-corrected chi connectivity index (χ1v) is 3.52. The van der Waals surface area contributed by atoms with Crippen molar-refractivity contribution in [2.75, 3.05) is 0 Å². The Bertz CT molecular complexity index is 326. The zero-order valence-electron chi connectivity index (χ0n) is 5.90. The van der Waals surface area contributed by atoms with Gasteiger partial charge in [0.15, 0.2) is 0 Å². The molecule has 0 spiro atoms. The smallest absolute Gasteiger partial charge is 0.338 e. The van der Waals surface area contributed by atoms with Gasteiger partial charge in [-0.1, -0.05) is 0 Å². The number of hydrogen-bond donors (Lipinski definition) is 2. The molecule has 0 saturated heterocycles. The third-order valence-corrected chi connectivity index (χ3v) is 1.55. The van der Waals surface area contributed by atoms with Crippen LogP contribution in [-0.2, 0) is 5.88 Å². The second kappa shape index (κ2) is 2.92. The van der Waals surface area contributed by atoms with Crippen molar-refractivity contribution in [3.8, 4) is 0 Å². The van der Waals surface area contributed by atoms with Crippen molar-refractivity contribution in [1.82, 2.24) is 5.16 Å². The average Bonchev–Trinajstić information content (AvgIpc) is 2.30. The number of aromatic nitrogens is 1. The Morgan fingerprint density at radius 1 is 1.82 bits per heavy atom. The molecule has 0 radical (unpaired) electrons. The lowest BCUT2D eigenvalue weighted by Crippen LogP contribution is -2.08. The Morgan fingerprint density at radius 3 is 2.82 bits per heavy atom. The van der Waals surface area contributed by atoms with E-state index in [4.69, 9.17) is 17.0 Å². The Labute approximate surface area is 67.6 Å². The van der Waals surface area contributed by atoms with Gasteiger partial charge in [-0.3, -0.25) is 0 Å². The van der Waals surface area contributed by atoms with E-state index in [-0.39, 0.29) is 17.2 Å². The SMILES string of the molecule is CC(=N)c1c(CCl)[nH]oc1=O. The second-order valence-electron chi connectivity index (χ2n) is 2.10. The quantitative estimate of drug-likeness (QED) is 0.521. The van der Waals surface area contributed by atoms with Crippen LogP contribution in [-0.4, -0.2) is 10.9 Å². The number of halogens is 1. The maximum absolute atomic E-state index is 10.8. The maximum atomic E-state index is 10.8. The topological polar surface area (TPSA) is 69.8 Å². The molecular weight excluding hydrogens is 168 g/mol. The first-order valence-electron chi connectivity index (χ1n) is 2.98. The lowest BCUT2D eigenvalue weighted by molar-refractivity contribution is 0.387. The highest BCUT2D eigenvalue weighted by molar-refractivity contribution is 6.17. The van der Waals surface area contributed by atoms with E-state index < -0.39 is 5.63 Å². The fourth-order valence-electron chi connectivity index (χ4n) is 0.807. The van der Waals surface area contributed by atoms with Crippen LogP contribution in [0.25, 0.3) is 0 Å². The van der Waals surface area contributed by atoms with E-state index >= 15 is 0 Å². The van der Waals surface area contributed by atoms with Crippen LogP contribution in [0.5, 0.6) is 0 Å². The Morgan fingerprint density at radius 2 is 2.45 bits per heavy atom. The van der Waals surface area contributed by atoms with Crippen LogP contribution in [0.2, 0.25) is 0 Å². The number of nitrogens with one attached hydrogen (secondary N) is 2. The Hall–Kier alpha value is -1.03. The van der Waals surface area contributed by atoms with E-state index in [1.54, 1.807) is 0 Å². The van der Waals surface area contributed by atoms with E-state index in [0.29, 0.717) is 5.69 Å². The van der Waals surface area contributed by atoms with Gasteiger partial charge in [-0.15, -0.1) is 11.6 Å². The van der Waals surface area contributed by atoms with E-state index in [9.17, 15) is 4.79 Å². The summed E-state index contributed by atoms with van der Waals surface area (Å²) >= 11 is 5.46. The molecule has 0 unspecified atom stereocenters.